The Balaban J connectivity index is 1.95. The fourth-order valence-electron chi connectivity index (χ4n) is 2.74. The summed E-state index contributed by atoms with van der Waals surface area (Å²) in [6, 6.07) is 10.0. The largest absolute Gasteiger partial charge is 0.325 e. The van der Waals surface area contributed by atoms with E-state index in [4.69, 9.17) is 0 Å². The van der Waals surface area contributed by atoms with E-state index < -0.39 is 0 Å². The third-order valence-corrected chi connectivity index (χ3v) is 3.78. The van der Waals surface area contributed by atoms with E-state index in [1.54, 1.807) is 0 Å². The summed E-state index contributed by atoms with van der Waals surface area (Å²) in [6.07, 6.45) is 2.35. The van der Waals surface area contributed by atoms with Crippen molar-refractivity contribution in [3.05, 3.63) is 30.3 Å². The summed E-state index contributed by atoms with van der Waals surface area (Å²) in [6.45, 7) is 3.95. The van der Waals surface area contributed by atoms with Crippen molar-refractivity contribution in [2.45, 2.75) is 31.8 Å². The molecule has 2 N–H and O–H groups in total. The van der Waals surface area contributed by atoms with Crippen LogP contribution in [0, 0.1) is 0 Å². The van der Waals surface area contributed by atoms with Crippen molar-refractivity contribution in [2.75, 3.05) is 25.5 Å². The van der Waals surface area contributed by atoms with Gasteiger partial charge >= 0.3 is 0 Å². The molecule has 1 aromatic carbocycles. The van der Waals surface area contributed by atoms with Gasteiger partial charge in [0.15, 0.2) is 0 Å². The van der Waals surface area contributed by atoms with Gasteiger partial charge in [-0.1, -0.05) is 18.2 Å². The molecule has 1 fully saturated rings. The summed E-state index contributed by atoms with van der Waals surface area (Å²) in [5.74, 6) is 0.0780. The molecule has 1 aromatic rings. The number of likely N-dealkylation sites (tertiary alicyclic amines) is 1. The van der Waals surface area contributed by atoms with Crippen LogP contribution in [-0.2, 0) is 4.79 Å². The summed E-state index contributed by atoms with van der Waals surface area (Å²) in [4.78, 5) is 14.6. The van der Waals surface area contributed by atoms with Gasteiger partial charge in [-0.05, 0) is 45.5 Å². The number of likely N-dealkylation sites (N-methyl/N-ethyl adjacent to an activating group) is 1. The van der Waals surface area contributed by atoms with Crippen LogP contribution in [0.25, 0.3) is 0 Å². The second kappa shape index (κ2) is 6.68. The number of anilines is 1. The van der Waals surface area contributed by atoms with Gasteiger partial charge in [0, 0.05) is 18.3 Å². The normalized spacial score (nSPS) is 21.3. The summed E-state index contributed by atoms with van der Waals surface area (Å²) >= 11 is 0. The van der Waals surface area contributed by atoms with Crippen molar-refractivity contribution in [3.8, 4) is 0 Å². The summed E-state index contributed by atoms with van der Waals surface area (Å²) < 4.78 is 0. The van der Waals surface area contributed by atoms with Crippen molar-refractivity contribution >= 4 is 11.6 Å². The molecule has 19 heavy (non-hydrogen) atoms. The maximum absolute atomic E-state index is 12.3. The van der Waals surface area contributed by atoms with Crippen LogP contribution >= 0.6 is 0 Å². The monoisotopic (exact) mass is 261 g/mol. The zero-order valence-corrected chi connectivity index (χ0v) is 11.7. The number of nitrogens with zero attached hydrogens (tertiary/aromatic N) is 1. The van der Waals surface area contributed by atoms with E-state index in [0.29, 0.717) is 6.04 Å². The molecule has 0 spiro atoms. The van der Waals surface area contributed by atoms with Crippen LogP contribution in [0.3, 0.4) is 0 Å². The molecule has 2 atom stereocenters. The van der Waals surface area contributed by atoms with Crippen LogP contribution in [0.5, 0.6) is 0 Å². The Morgan fingerprint density at radius 3 is 2.84 bits per heavy atom. The highest BCUT2D eigenvalue weighted by molar-refractivity contribution is 5.94. The van der Waals surface area contributed by atoms with Gasteiger partial charge in [0.1, 0.15) is 0 Å². The zero-order chi connectivity index (χ0) is 13.7. The second-order valence-electron chi connectivity index (χ2n) is 5.12. The lowest BCUT2D eigenvalue weighted by Gasteiger charge is -2.29. The van der Waals surface area contributed by atoms with Gasteiger partial charge < -0.3 is 10.6 Å². The number of amides is 1. The number of hydrogen-bond donors (Lipinski definition) is 2. The minimum atomic E-state index is -0.0824. The van der Waals surface area contributed by atoms with Gasteiger partial charge in [0.05, 0.1) is 6.04 Å². The van der Waals surface area contributed by atoms with E-state index in [1.807, 2.05) is 44.3 Å². The molecule has 1 aliphatic rings. The predicted octanol–water partition coefficient (Wildman–Crippen LogP) is 1.70. The van der Waals surface area contributed by atoms with E-state index >= 15 is 0 Å². The van der Waals surface area contributed by atoms with Crippen molar-refractivity contribution in [1.82, 2.24) is 10.2 Å². The molecule has 0 radical (unpaired) electrons. The van der Waals surface area contributed by atoms with Crippen LogP contribution < -0.4 is 10.6 Å². The summed E-state index contributed by atoms with van der Waals surface area (Å²) in [5.41, 5.74) is 0.865. The molecule has 0 aromatic heterocycles. The van der Waals surface area contributed by atoms with Gasteiger partial charge in [-0.25, -0.2) is 0 Å². The smallest absolute Gasteiger partial charge is 0.241 e. The average Bonchev–Trinajstić information content (AvgIpc) is 2.87. The quantitative estimate of drug-likeness (QED) is 0.848. The van der Waals surface area contributed by atoms with E-state index in [1.165, 1.54) is 12.8 Å². The fraction of sp³-hybridized carbons (Fsp3) is 0.533. The molecule has 2 unspecified atom stereocenters. The number of para-hydroxylation sites is 1. The average molecular weight is 261 g/mol. The van der Waals surface area contributed by atoms with E-state index in [2.05, 4.69) is 15.5 Å². The third-order valence-electron chi connectivity index (χ3n) is 3.78. The minimum Gasteiger partial charge on any atom is -0.325 e. The van der Waals surface area contributed by atoms with Gasteiger partial charge in [-0.15, -0.1) is 0 Å². The molecule has 0 bridgehead atoms. The highest BCUT2D eigenvalue weighted by Crippen LogP contribution is 2.20. The topological polar surface area (TPSA) is 44.4 Å². The van der Waals surface area contributed by atoms with Crippen LogP contribution in [0.2, 0.25) is 0 Å². The fourth-order valence-corrected chi connectivity index (χ4v) is 2.74. The molecule has 0 saturated carbocycles. The third kappa shape index (κ3) is 3.55. The Morgan fingerprint density at radius 2 is 2.16 bits per heavy atom. The van der Waals surface area contributed by atoms with E-state index in [-0.39, 0.29) is 11.9 Å². The highest BCUT2D eigenvalue weighted by Gasteiger charge is 2.31. The molecule has 104 valence electrons. The maximum atomic E-state index is 12.3. The lowest BCUT2D eigenvalue weighted by Crippen LogP contribution is -2.47. The Morgan fingerprint density at radius 1 is 1.42 bits per heavy atom. The molecular formula is C15H23N3O. The van der Waals surface area contributed by atoms with Gasteiger partial charge in [-0.2, -0.15) is 0 Å². The van der Waals surface area contributed by atoms with Crippen LogP contribution in [0.4, 0.5) is 5.69 Å². The van der Waals surface area contributed by atoms with Gasteiger partial charge in [0.2, 0.25) is 5.91 Å². The molecule has 2 rings (SSSR count). The Labute approximate surface area is 115 Å². The standard InChI is InChI=1S/C15H23N3O/c1-12(18-10-6-9-14(18)11-16-2)15(19)17-13-7-4-3-5-8-13/h3-5,7-8,12,14,16H,6,9-11H2,1-2H3,(H,17,19). The first-order chi connectivity index (χ1) is 9.22. The molecule has 1 aliphatic heterocycles. The summed E-state index contributed by atoms with van der Waals surface area (Å²) in [5, 5.41) is 6.19. The molecule has 4 nitrogen and oxygen atoms in total. The lowest BCUT2D eigenvalue weighted by atomic mass is 10.2. The van der Waals surface area contributed by atoms with Crippen LogP contribution in [0.15, 0.2) is 30.3 Å². The summed E-state index contributed by atoms with van der Waals surface area (Å²) in [7, 11) is 1.96. The number of carbonyl (C=O) groups is 1. The lowest BCUT2D eigenvalue weighted by molar-refractivity contribution is -0.121. The molecular weight excluding hydrogens is 238 g/mol. The first-order valence-electron chi connectivity index (χ1n) is 6.98. The minimum absolute atomic E-state index is 0.0780. The molecule has 1 heterocycles. The Bertz CT molecular complexity index is 407. The van der Waals surface area contributed by atoms with Gasteiger partial charge in [-0.3, -0.25) is 9.69 Å². The Hall–Kier alpha value is -1.39. The van der Waals surface area contributed by atoms with E-state index in [9.17, 15) is 4.79 Å². The van der Waals surface area contributed by atoms with Gasteiger partial charge in [0.25, 0.3) is 0 Å². The van der Waals surface area contributed by atoms with Crippen LogP contribution in [0.1, 0.15) is 19.8 Å². The molecule has 1 saturated heterocycles. The van der Waals surface area contributed by atoms with Crippen molar-refractivity contribution in [2.24, 2.45) is 0 Å². The first-order valence-corrected chi connectivity index (χ1v) is 6.98. The second-order valence-corrected chi connectivity index (χ2v) is 5.12. The molecule has 0 aliphatic carbocycles. The number of hydrogen-bond acceptors (Lipinski definition) is 3. The number of carbonyl (C=O) groups excluding carboxylic acids is 1. The van der Waals surface area contributed by atoms with E-state index in [0.717, 1.165) is 18.8 Å². The van der Waals surface area contributed by atoms with Crippen LogP contribution in [-0.4, -0.2) is 43.0 Å². The SMILES string of the molecule is CNCC1CCCN1C(C)C(=O)Nc1ccccc1. The van der Waals surface area contributed by atoms with Crippen molar-refractivity contribution < 1.29 is 4.79 Å². The van der Waals surface area contributed by atoms with Crippen molar-refractivity contribution in [1.29, 1.82) is 0 Å². The molecule has 1 amide bonds. The van der Waals surface area contributed by atoms with Crippen molar-refractivity contribution in [3.63, 3.8) is 0 Å². The molecule has 4 heteroatoms. The zero-order valence-electron chi connectivity index (χ0n) is 11.7. The highest BCUT2D eigenvalue weighted by atomic mass is 16.2. The maximum Gasteiger partial charge on any atom is 0.241 e. The number of nitrogens with one attached hydrogen (secondary N) is 2. The number of rotatable bonds is 5. The predicted molar refractivity (Wildman–Crippen MR) is 78.2 cm³/mol. The first kappa shape index (κ1) is 14.0. The Kier molecular flexibility index (Phi) is 4.93. The number of benzene rings is 1.